The summed E-state index contributed by atoms with van der Waals surface area (Å²) in [6, 6.07) is 6.41. The number of amides is 4. The number of urea groups is 1. The summed E-state index contributed by atoms with van der Waals surface area (Å²) in [4.78, 5) is 50.5. The predicted octanol–water partition coefficient (Wildman–Crippen LogP) is 1.82. The average Bonchev–Trinajstić information content (AvgIpc) is 3.33. The minimum absolute atomic E-state index is 0.0761. The molecular formula is C20H19N3O6. The van der Waals surface area contributed by atoms with E-state index in [4.69, 9.17) is 9.47 Å². The van der Waals surface area contributed by atoms with E-state index in [1.807, 2.05) is 23.6 Å². The topological polar surface area (TPSA) is 98.2 Å². The zero-order valence-corrected chi connectivity index (χ0v) is 16.2. The van der Waals surface area contributed by atoms with Gasteiger partial charge < -0.3 is 14.0 Å². The molecule has 2 aromatic rings. The third-order valence-electron chi connectivity index (χ3n) is 5.10. The molecule has 0 radical (unpaired) electrons. The van der Waals surface area contributed by atoms with Gasteiger partial charge in [0.25, 0.3) is 0 Å². The normalized spacial score (nSPS) is 15.6. The lowest BCUT2D eigenvalue weighted by atomic mass is 10.1. The van der Waals surface area contributed by atoms with Gasteiger partial charge >= 0.3 is 17.8 Å². The van der Waals surface area contributed by atoms with Crippen LogP contribution in [0.3, 0.4) is 0 Å². The monoisotopic (exact) mass is 397 g/mol. The van der Waals surface area contributed by atoms with Crippen molar-refractivity contribution in [1.29, 1.82) is 0 Å². The van der Waals surface area contributed by atoms with Crippen LogP contribution in [0.25, 0.3) is 5.69 Å². The Bertz CT molecular complexity index is 1070. The number of likely N-dealkylation sites (N-methyl/N-ethyl adjacent to an activating group) is 1. The van der Waals surface area contributed by atoms with Gasteiger partial charge in [0, 0.05) is 35.2 Å². The number of imide groups is 2. The molecule has 0 spiro atoms. The maximum Gasteiger partial charge on any atom is 0.334 e. The number of rotatable bonds is 5. The molecule has 29 heavy (non-hydrogen) atoms. The van der Waals surface area contributed by atoms with Crippen LogP contribution in [-0.2, 0) is 9.59 Å². The number of carbonyl (C=O) groups is 4. The van der Waals surface area contributed by atoms with Crippen LogP contribution >= 0.6 is 0 Å². The number of benzene rings is 1. The summed E-state index contributed by atoms with van der Waals surface area (Å²) in [7, 11) is 0. The molecule has 9 nitrogen and oxygen atoms in total. The zero-order chi connectivity index (χ0) is 20.9. The van der Waals surface area contributed by atoms with E-state index in [1.54, 1.807) is 26.0 Å². The summed E-state index contributed by atoms with van der Waals surface area (Å²) in [6.07, 6.45) is 0. The summed E-state index contributed by atoms with van der Waals surface area (Å²) in [6.45, 7) is 4.98. The highest BCUT2D eigenvalue weighted by molar-refractivity contribution is 6.45. The fourth-order valence-electron chi connectivity index (χ4n) is 3.66. The second kappa shape index (κ2) is 6.77. The number of carbonyl (C=O) groups excluding carboxylic acids is 4. The molecule has 3 heterocycles. The first kappa shape index (κ1) is 18.7. The molecule has 1 aromatic heterocycles. The third kappa shape index (κ3) is 2.86. The molecule has 9 heteroatoms. The molecule has 1 saturated heterocycles. The second-order valence-electron chi connectivity index (χ2n) is 6.80. The van der Waals surface area contributed by atoms with Gasteiger partial charge in [0.1, 0.15) is 0 Å². The summed E-state index contributed by atoms with van der Waals surface area (Å²) < 4.78 is 12.6. The van der Waals surface area contributed by atoms with Crippen LogP contribution in [0, 0.1) is 13.8 Å². The van der Waals surface area contributed by atoms with Crippen molar-refractivity contribution in [3.05, 3.63) is 41.2 Å². The van der Waals surface area contributed by atoms with Gasteiger partial charge in [0.05, 0.1) is 6.54 Å². The SMILES string of the molecule is CCN1C(=O)C(=O)N(CC(=O)c2cc(C)n(-c3ccc4c(c3)OCO4)c2C)C1=O. The summed E-state index contributed by atoms with van der Waals surface area (Å²) in [5.74, 6) is -1.03. The van der Waals surface area contributed by atoms with E-state index in [2.05, 4.69) is 0 Å². The number of ketones is 1. The number of aromatic nitrogens is 1. The van der Waals surface area contributed by atoms with Crippen molar-refractivity contribution in [1.82, 2.24) is 14.4 Å². The van der Waals surface area contributed by atoms with Gasteiger partial charge in [-0.05, 0) is 39.0 Å². The lowest BCUT2D eigenvalue weighted by Crippen LogP contribution is -2.37. The molecule has 0 atom stereocenters. The minimum Gasteiger partial charge on any atom is -0.454 e. The quantitative estimate of drug-likeness (QED) is 0.434. The van der Waals surface area contributed by atoms with Crippen molar-refractivity contribution in [2.45, 2.75) is 20.8 Å². The molecule has 0 aliphatic carbocycles. The van der Waals surface area contributed by atoms with Gasteiger partial charge in [-0.15, -0.1) is 0 Å². The van der Waals surface area contributed by atoms with Gasteiger partial charge in [-0.3, -0.25) is 19.3 Å². The maximum absolute atomic E-state index is 12.9. The van der Waals surface area contributed by atoms with Crippen molar-refractivity contribution in [2.24, 2.45) is 0 Å². The fourth-order valence-corrected chi connectivity index (χ4v) is 3.66. The molecular weight excluding hydrogens is 378 g/mol. The number of hydrogen-bond donors (Lipinski definition) is 0. The van der Waals surface area contributed by atoms with E-state index >= 15 is 0 Å². The highest BCUT2D eigenvalue weighted by atomic mass is 16.7. The number of ether oxygens (including phenoxy) is 2. The van der Waals surface area contributed by atoms with E-state index < -0.39 is 30.2 Å². The largest absolute Gasteiger partial charge is 0.454 e. The fraction of sp³-hybridized carbons (Fsp3) is 0.300. The molecule has 2 aliphatic heterocycles. The second-order valence-corrected chi connectivity index (χ2v) is 6.80. The zero-order valence-electron chi connectivity index (χ0n) is 16.2. The standard InChI is InChI=1S/C20H19N3O6/c1-4-21-18(25)19(26)22(20(21)27)9-15(24)14-7-11(2)23(12(14)3)13-5-6-16-17(8-13)29-10-28-16/h5-8H,4,9-10H2,1-3H3. The van der Waals surface area contributed by atoms with E-state index in [0.29, 0.717) is 27.7 Å². The van der Waals surface area contributed by atoms with Crippen LogP contribution in [0.15, 0.2) is 24.3 Å². The number of fused-ring (bicyclic) bond motifs is 1. The Labute approximate surface area is 166 Å². The highest BCUT2D eigenvalue weighted by Gasteiger charge is 2.44. The Balaban J connectivity index is 1.63. The Kier molecular flexibility index (Phi) is 4.37. The summed E-state index contributed by atoms with van der Waals surface area (Å²) in [5.41, 5.74) is 2.63. The smallest absolute Gasteiger partial charge is 0.334 e. The molecule has 0 unspecified atom stereocenters. The van der Waals surface area contributed by atoms with Gasteiger partial charge in [-0.1, -0.05) is 0 Å². The molecule has 1 aromatic carbocycles. The van der Waals surface area contributed by atoms with Crippen LogP contribution in [0.4, 0.5) is 4.79 Å². The van der Waals surface area contributed by atoms with Crippen LogP contribution in [0.1, 0.15) is 28.7 Å². The third-order valence-corrected chi connectivity index (χ3v) is 5.10. The molecule has 2 aliphatic rings. The van der Waals surface area contributed by atoms with E-state index in [9.17, 15) is 19.2 Å². The molecule has 150 valence electrons. The molecule has 1 fully saturated rings. The van der Waals surface area contributed by atoms with Crippen LogP contribution in [-0.4, -0.2) is 57.9 Å². The number of nitrogens with zero attached hydrogens (tertiary/aromatic N) is 3. The van der Waals surface area contributed by atoms with Crippen LogP contribution < -0.4 is 9.47 Å². The Morgan fingerprint density at radius 1 is 1.00 bits per heavy atom. The first-order valence-corrected chi connectivity index (χ1v) is 9.13. The highest BCUT2D eigenvalue weighted by Crippen LogP contribution is 2.35. The summed E-state index contributed by atoms with van der Waals surface area (Å²) >= 11 is 0. The molecule has 4 rings (SSSR count). The molecule has 0 bridgehead atoms. The number of Topliss-reactive ketones (excluding diaryl/α,β-unsaturated/α-hetero) is 1. The van der Waals surface area contributed by atoms with Gasteiger partial charge in [-0.2, -0.15) is 0 Å². The number of hydrogen-bond acceptors (Lipinski definition) is 6. The van der Waals surface area contributed by atoms with E-state index in [0.717, 1.165) is 16.3 Å². The number of aryl methyl sites for hydroxylation is 1. The lowest BCUT2D eigenvalue weighted by Gasteiger charge is -2.14. The molecule has 4 amide bonds. The first-order valence-electron chi connectivity index (χ1n) is 9.13. The van der Waals surface area contributed by atoms with Gasteiger partial charge in [-0.25, -0.2) is 9.69 Å². The Hall–Kier alpha value is -3.62. The van der Waals surface area contributed by atoms with Crippen molar-refractivity contribution in [3.8, 4) is 17.2 Å². The van der Waals surface area contributed by atoms with Crippen molar-refractivity contribution in [2.75, 3.05) is 19.9 Å². The van der Waals surface area contributed by atoms with Crippen molar-refractivity contribution >= 4 is 23.6 Å². The van der Waals surface area contributed by atoms with Crippen molar-refractivity contribution < 1.29 is 28.7 Å². The Morgan fingerprint density at radius 3 is 2.38 bits per heavy atom. The lowest BCUT2D eigenvalue weighted by molar-refractivity contribution is -0.143. The molecule has 0 N–H and O–H groups in total. The van der Waals surface area contributed by atoms with E-state index in [-0.39, 0.29) is 13.3 Å². The first-order chi connectivity index (χ1) is 13.8. The minimum atomic E-state index is -0.977. The average molecular weight is 397 g/mol. The van der Waals surface area contributed by atoms with Gasteiger partial charge in [0.15, 0.2) is 17.3 Å². The van der Waals surface area contributed by atoms with Crippen LogP contribution in [0.5, 0.6) is 11.5 Å². The Morgan fingerprint density at radius 2 is 1.69 bits per heavy atom. The predicted molar refractivity (Wildman–Crippen MR) is 100 cm³/mol. The van der Waals surface area contributed by atoms with Crippen LogP contribution in [0.2, 0.25) is 0 Å². The maximum atomic E-state index is 12.9. The molecule has 0 saturated carbocycles. The summed E-state index contributed by atoms with van der Waals surface area (Å²) in [5, 5.41) is 0. The van der Waals surface area contributed by atoms with E-state index in [1.165, 1.54) is 0 Å². The van der Waals surface area contributed by atoms with Gasteiger partial charge in [0.2, 0.25) is 6.79 Å². The van der Waals surface area contributed by atoms with Crippen molar-refractivity contribution in [3.63, 3.8) is 0 Å².